The third kappa shape index (κ3) is 7.24. The van der Waals surface area contributed by atoms with Crippen LogP contribution in [-0.4, -0.2) is 61.8 Å². The molecule has 1 amide bonds. The minimum absolute atomic E-state index is 0.00677. The summed E-state index contributed by atoms with van der Waals surface area (Å²) < 4.78 is 25.7. The van der Waals surface area contributed by atoms with Crippen LogP contribution in [0.1, 0.15) is 37.7 Å². The molecule has 0 atom stereocenters. The average molecular weight is 456 g/mol. The lowest BCUT2D eigenvalue weighted by Crippen LogP contribution is -2.38. The molecule has 2 aromatic rings. The van der Waals surface area contributed by atoms with Crippen LogP contribution in [0.5, 0.6) is 5.75 Å². The number of aromatic nitrogens is 1. The molecule has 0 radical (unpaired) electrons. The maximum absolute atomic E-state index is 14.7. The summed E-state index contributed by atoms with van der Waals surface area (Å²) >= 11 is 0. The van der Waals surface area contributed by atoms with Crippen molar-refractivity contribution >= 4 is 5.91 Å². The number of pyridine rings is 1. The average Bonchev–Trinajstić information content (AvgIpc) is 3.34. The van der Waals surface area contributed by atoms with E-state index in [2.05, 4.69) is 15.2 Å². The van der Waals surface area contributed by atoms with E-state index in [-0.39, 0.29) is 18.1 Å². The Labute approximate surface area is 195 Å². The molecule has 1 saturated heterocycles. The van der Waals surface area contributed by atoms with Gasteiger partial charge in [0.05, 0.1) is 25.3 Å². The van der Waals surface area contributed by atoms with Gasteiger partial charge in [0.1, 0.15) is 18.2 Å². The van der Waals surface area contributed by atoms with Crippen molar-refractivity contribution < 1.29 is 18.7 Å². The summed E-state index contributed by atoms with van der Waals surface area (Å²) in [4.78, 5) is 18.9. The van der Waals surface area contributed by atoms with Gasteiger partial charge in [0.25, 0.3) is 0 Å². The van der Waals surface area contributed by atoms with Crippen LogP contribution in [0.4, 0.5) is 4.39 Å². The molecule has 1 saturated carbocycles. The number of hydrogen-bond donors (Lipinski definition) is 1. The monoisotopic (exact) mass is 455 g/mol. The van der Waals surface area contributed by atoms with E-state index in [1.807, 2.05) is 6.07 Å². The Balaban J connectivity index is 1.23. The molecule has 1 aliphatic carbocycles. The smallest absolute Gasteiger partial charge is 0.224 e. The van der Waals surface area contributed by atoms with E-state index in [9.17, 15) is 9.18 Å². The highest BCUT2D eigenvalue weighted by atomic mass is 19.1. The van der Waals surface area contributed by atoms with Gasteiger partial charge in [0.15, 0.2) is 0 Å². The van der Waals surface area contributed by atoms with Gasteiger partial charge in [-0.15, -0.1) is 0 Å². The van der Waals surface area contributed by atoms with Crippen LogP contribution >= 0.6 is 0 Å². The zero-order valence-corrected chi connectivity index (χ0v) is 19.2. The van der Waals surface area contributed by atoms with E-state index in [0.29, 0.717) is 23.6 Å². The predicted molar refractivity (Wildman–Crippen MR) is 126 cm³/mol. The van der Waals surface area contributed by atoms with E-state index in [0.717, 1.165) is 57.3 Å². The van der Waals surface area contributed by atoms with Gasteiger partial charge < -0.3 is 14.8 Å². The quantitative estimate of drug-likeness (QED) is 0.590. The number of nitrogens with zero attached hydrogens (tertiary/aromatic N) is 2. The van der Waals surface area contributed by atoms with Gasteiger partial charge in [0.2, 0.25) is 5.91 Å². The molecular weight excluding hydrogens is 421 g/mol. The molecule has 2 heterocycles. The third-order valence-corrected chi connectivity index (χ3v) is 6.54. The van der Waals surface area contributed by atoms with Crippen molar-refractivity contribution in [3.8, 4) is 17.0 Å². The molecule has 4 rings (SSSR count). The number of nitrogens with one attached hydrogen (secondary N) is 1. The summed E-state index contributed by atoms with van der Waals surface area (Å²) in [6.07, 6.45) is 8.23. The van der Waals surface area contributed by atoms with Crippen LogP contribution in [0.25, 0.3) is 11.3 Å². The molecular formula is C26H34FN3O3. The summed E-state index contributed by atoms with van der Waals surface area (Å²) in [6.45, 7) is 5.35. The van der Waals surface area contributed by atoms with Crippen molar-refractivity contribution in [2.75, 3.05) is 46.0 Å². The molecule has 6 nitrogen and oxygen atoms in total. The minimum Gasteiger partial charge on any atom is -0.492 e. The molecule has 1 N–H and O–H groups in total. The number of rotatable bonds is 10. The number of carbonyl (C=O) groups excluding carboxylic acids is 1. The van der Waals surface area contributed by atoms with Crippen LogP contribution in [0.2, 0.25) is 0 Å². The number of hydrogen-bond acceptors (Lipinski definition) is 5. The first-order chi connectivity index (χ1) is 16.2. The highest BCUT2D eigenvalue weighted by Crippen LogP contribution is 2.27. The Morgan fingerprint density at radius 3 is 2.73 bits per heavy atom. The van der Waals surface area contributed by atoms with Crippen molar-refractivity contribution in [2.45, 2.75) is 38.5 Å². The molecule has 1 aliphatic heterocycles. The number of carbonyl (C=O) groups is 1. The standard InChI is InChI=1S/C26H34FN3O3/c27-24-18-22(33-16-13-30-11-14-32-15-12-30)6-7-23(24)25-8-5-21(19-29-25)17-26(31)28-10-9-20-3-1-2-4-20/h5-8,18-20H,1-4,9-17H2,(H,28,31). The summed E-state index contributed by atoms with van der Waals surface area (Å²) in [5.74, 6) is 0.911. The van der Waals surface area contributed by atoms with E-state index in [4.69, 9.17) is 9.47 Å². The fourth-order valence-electron chi connectivity index (χ4n) is 4.56. The Kier molecular flexibility index (Phi) is 8.66. The van der Waals surface area contributed by atoms with Crippen molar-refractivity contribution in [3.63, 3.8) is 0 Å². The van der Waals surface area contributed by atoms with Gasteiger partial charge in [-0.2, -0.15) is 0 Å². The van der Waals surface area contributed by atoms with Crippen LogP contribution in [-0.2, 0) is 16.0 Å². The van der Waals surface area contributed by atoms with Crippen LogP contribution in [0.3, 0.4) is 0 Å². The normalized spacial score (nSPS) is 17.2. The minimum atomic E-state index is -0.372. The summed E-state index contributed by atoms with van der Waals surface area (Å²) in [5.41, 5.74) is 1.78. The fourth-order valence-corrected chi connectivity index (χ4v) is 4.56. The van der Waals surface area contributed by atoms with Gasteiger partial charge in [-0.1, -0.05) is 31.7 Å². The highest BCUT2D eigenvalue weighted by molar-refractivity contribution is 5.78. The van der Waals surface area contributed by atoms with Gasteiger partial charge in [-0.05, 0) is 36.1 Å². The number of ether oxygens (including phenoxy) is 2. The molecule has 1 aromatic heterocycles. The lowest BCUT2D eigenvalue weighted by molar-refractivity contribution is -0.120. The molecule has 2 aliphatic rings. The van der Waals surface area contributed by atoms with Crippen molar-refractivity contribution in [3.05, 3.63) is 47.9 Å². The Morgan fingerprint density at radius 2 is 2.00 bits per heavy atom. The summed E-state index contributed by atoms with van der Waals surface area (Å²) in [7, 11) is 0. The van der Waals surface area contributed by atoms with Crippen molar-refractivity contribution in [1.29, 1.82) is 0 Å². The second-order valence-corrected chi connectivity index (χ2v) is 8.96. The van der Waals surface area contributed by atoms with Gasteiger partial charge in [0, 0.05) is 44.0 Å². The first kappa shape index (κ1) is 23.6. The van der Waals surface area contributed by atoms with Crippen molar-refractivity contribution in [1.82, 2.24) is 15.2 Å². The molecule has 178 valence electrons. The number of halogens is 1. The van der Waals surface area contributed by atoms with E-state index in [1.54, 1.807) is 24.4 Å². The summed E-state index contributed by atoms with van der Waals surface area (Å²) in [6, 6.07) is 8.47. The van der Waals surface area contributed by atoms with Gasteiger partial charge >= 0.3 is 0 Å². The summed E-state index contributed by atoms with van der Waals surface area (Å²) in [5, 5.41) is 3.01. The predicted octanol–water partition coefficient (Wildman–Crippen LogP) is 3.84. The molecule has 2 fully saturated rings. The second kappa shape index (κ2) is 12.1. The second-order valence-electron chi connectivity index (χ2n) is 8.96. The zero-order valence-electron chi connectivity index (χ0n) is 19.2. The Hall–Kier alpha value is -2.51. The molecule has 1 aromatic carbocycles. The molecule has 7 heteroatoms. The Bertz CT molecular complexity index is 894. The Morgan fingerprint density at radius 1 is 1.18 bits per heavy atom. The molecule has 0 bridgehead atoms. The molecule has 0 unspecified atom stereocenters. The van der Waals surface area contributed by atoms with Crippen LogP contribution < -0.4 is 10.1 Å². The topological polar surface area (TPSA) is 63.7 Å². The largest absolute Gasteiger partial charge is 0.492 e. The maximum atomic E-state index is 14.7. The lowest BCUT2D eigenvalue weighted by Gasteiger charge is -2.26. The fraction of sp³-hybridized carbons (Fsp3) is 0.538. The van der Waals surface area contributed by atoms with Gasteiger partial charge in [-0.3, -0.25) is 14.7 Å². The molecule has 33 heavy (non-hydrogen) atoms. The van der Waals surface area contributed by atoms with E-state index < -0.39 is 0 Å². The van der Waals surface area contributed by atoms with Crippen LogP contribution in [0, 0.1) is 11.7 Å². The first-order valence-corrected chi connectivity index (χ1v) is 12.1. The third-order valence-electron chi connectivity index (χ3n) is 6.54. The van der Waals surface area contributed by atoms with E-state index >= 15 is 0 Å². The lowest BCUT2D eigenvalue weighted by atomic mass is 10.0. The van der Waals surface area contributed by atoms with E-state index in [1.165, 1.54) is 31.7 Å². The maximum Gasteiger partial charge on any atom is 0.224 e. The first-order valence-electron chi connectivity index (χ1n) is 12.1. The number of amides is 1. The van der Waals surface area contributed by atoms with Crippen LogP contribution in [0.15, 0.2) is 36.5 Å². The van der Waals surface area contributed by atoms with Crippen molar-refractivity contribution in [2.24, 2.45) is 5.92 Å². The van der Waals surface area contributed by atoms with Gasteiger partial charge in [-0.25, -0.2) is 4.39 Å². The number of benzene rings is 1. The number of morpholine rings is 1. The SMILES string of the molecule is O=C(Cc1ccc(-c2ccc(OCCN3CCOCC3)cc2F)nc1)NCCC1CCCC1. The highest BCUT2D eigenvalue weighted by Gasteiger charge is 2.15. The zero-order chi connectivity index (χ0) is 22.9. The molecule has 0 spiro atoms.